The highest BCUT2D eigenvalue weighted by Crippen LogP contribution is 2.38. The zero-order valence-electron chi connectivity index (χ0n) is 12.9. The lowest BCUT2D eigenvalue weighted by atomic mass is 9.85. The second-order valence-corrected chi connectivity index (χ2v) is 6.11. The van der Waals surface area contributed by atoms with Gasteiger partial charge in [0.2, 0.25) is 0 Å². The third kappa shape index (κ3) is 3.15. The van der Waals surface area contributed by atoms with Gasteiger partial charge in [-0.3, -0.25) is 0 Å². The molecule has 1 atom stereocenters. The van der Waals surface area contributed by atoms with E-state index in [1.165, 1.54) is 18.4 Å². The molecular weight excluding hydrogens is 250 g/mol. The van der Waals surface area contributed by atoms with Crippen molar-refractivity contribution in [2.75, 3.05) is 21.2 Å². The Morgan fingerprint density at radius 1 is 1.20 bits per heavy atom. The van der Waals surface area contributed by atoms with Crippen LogP contribution < -0.4 is 4.74 Å². The molecule has 2 rings (SSSR count). The highest BCUT2D eigenvalue weighted by molar-refractivity contribution is 5.27. The molecule has 1 saturated carbocycles. The van der Waals surface area contributed by atoms with Gasteiger partial charge in [0.25, 0.3) is 0 Å². The zero-order chi connectivity index (χ0) is 14.6. The average Bonchev–Trinajstić information content (AvgIpc) is 2.96. The number of hydrogen-bond donors (Lipinski definition) is 1. The fourth-order valence-corrected chi connectivity index (χ4v) is 3.43. The number of aryl methyl sites for hydroxylation is 1. The molecule has 112 valence electrons. The van der Waals surface area contributed by atoms with E-state index in [2.05, 4.69) is 31.1 Å². The first-order valence-electron chi connectivity index (χ1n) is 7.57. The summed E-state index contributed by atoms with van der Waals surface area (Å²) >= 11 is 0. The summed E-state index contributed by atoms with van der Waals surface area (Å²) in [5, 5.41) is 10.7. The number of benzene rings is 1. The van der Waals surface area contributed by atoms with E-state index >= 15 is 0 Å². The summed E-state index contributed by atoms with van der Waals surface area (Å²) in [7, 11) is 5.88. The molecule has 0 saturated heterocycles. The lowest BCUT2D eigenvalue weighted by Gasteiger charge is -2.40. The van der Waals surface area contributed by atoms with E-state index in [-0.39, 0.29) is 11.6 Å². The average molecular weight is 277 g/mol. The molecule has 3 heteroatoms. The Morgan fingerprint density at radius 3 is 2.30 bits per heavy atom. The number of likely N-dealkylation sites (N-methyl/N-ethyl adjacent to an activating group) is 1. The number of nitrogens with zero attached hydrogens (tertiary/aromatic N) is 1. The molecule has 1 aliphatic carbocycles. The van der Waals surface area contributed by atoms with Crippen molar-refractivity contribution in [3.63, 3.8) is 0 Å². The van der Waals surface area contributed by atoms with Gasteiger partial charge in [-0.1, -0.05) is 25.0 Å². The molecule has 1 unspecified atom stereocenters. The Kier molecular flexibility index (Phi) is 5.06. The van der Waals surface area contributed by atoms with E-state index in [1.54, 1.807) is 7.11 Å². The van der Waals surface area contributed by atoms with Crippen LogP contribution in [0.4, 0.5) is 0 Å². The van der Waals surface area contributed by atoms with Crippen LogP contribution >= 0.6 is 0 Å². The standard InChI is InChI=1S/C17H27NO2/c1-18(2)17(12-4-5-13-17)16(19)11-8-14-6-9-15(20-3)10-7-14/h6-7,9-10,16,19H,4-5,8,11-13H2,1-3H3. The van der Waals surface area contributed by atoms with Gasteiger partial charge in [0, 0.05) is 5.54 Å². The van der Waals surface area contributed by atoms with Crippen LogP contribution in [0, 0.1) is 0 Å². The zero-order valence-corrected chi connectivity index (χ0v) is 12.9. The summed E-state index contributed by atoms with van der Waals surface area (Å²) in [6.45, 7) is 0. The Hall–Kier alpha value is -1.06. The topological polar surface area (TPSA) is 32.7 Å². The lowest BCUT2D eigenvalue weighted by Crippen LogP contribution is -2.51. The van der Waals surface area contributed by atoms with Crippen LogP contribution in [-0.2, 0) is 6.42 Å². The van der Waals surface area contributed by atoms with Gasteiger partial charge >= 0.3 is 0 Å². The Bertz CT molecular complexity index is 408. The molecule has 1 aromatic rings. The third-order valence-corrected chi connectivity index (χ3v) is 4.85. The molecule has 0 aliphatic heterocycles. The molecule has 3 nitrogen and oxygen atoms in total. The summed E-state index contributed by atoms with van der Waals surface area (Å²) in [6.07, 6.45) is 6.19. The molecule has 0 heterocycles. The lowest BCUT2D eigenvalue weighted by molar-refractivity contribution is -0.00755. The van der Waals surface area contributed by atoms with E-state index in [0.717, 1.165) is 31.4 Å². The van der Waals surface area contributed by atoms with Gasteiger partial charge < -0.3 is 14.7 Å². The van der Waals surface area contributed by atoms with Crippen molar-refractivity contribution in [3.05, 3.63) is 29.8 Å². The molecule has 0 amide bonds. The summed E-state index contributed by atoms with van der Waals surface area (Å²) in [6, 6.07) is 8.14. The van der Waals surface area contributed by atoms with E-state index in [9.17, 15) is 5.11 Å². The monoisotopic (exact) mass is 277 g/mol. The first-order valence-corrected chi connectivity index (χ1v) is 7.57. The summed E-state index contributed by atoms with van der Waals surface area (Å²) < 4.78 is 5.17. The van der Waals surface area contributed by atoms with Gasteiger partial charge in [-0.25, -0.2) is 0 Å². The minimum Gasteiger partial charge on any atom is -0.497 e. The number of methoxy groups -OCH3 is 1. The number of aliphatic hydroxyl groups is 1. The Morgan fingerprint density at radius 2 is 1.80 bits per heavy atom. The fourth-order valence-electron chi connectivity index (χ4n) is 3.43. The molecular formula is C17H27NO2. The molecule has 1 fully saturated rings. The SMILES string of the molecule is COc1ccc(CCC(O)C2(N(C)C)CCCC2)cc1. The summed E-state index contributed by atoms with van der Waals surface area (Å²) in [4.78, 5) is 2.23. The predicted molar refractivity (Wildman–Crippen MR) is 82.2 cm³/mol. The molecule has 20 heavy (non-hydrogen) atoms. The van der Waals surface area contributed by atoms with E-state index in [4.69, 9.17) is 4.74 Å². The highest BCUT2D eigenvalue weighted by atomic mass is 16.5. The molecule has 1 N–H and O–H groups in total. The smallest absolute Gasteiger partial charge is 0.118 e. The molecule has 0 spiro atoms. The fraction of sp³-hybridized carbons (Fsp3) is 0.647. The number of aliphatic hydroxyl groups excluding tert-OH is 1. The van der Waals surface area contributed by atoms with Gasteiger partial charge in [-0.15, -0.1) is 0 Å². The number of ether oxygens (including phenoxy) is 1. The third-order valence-electron chi connectivity index (χ3n) is 4.85. The first kappa shape index (κ1) is 15.3. The van der Waals surface area contributed by atoms with Crippen LogP contribution in [0.2, 0.25) is 0 Å². The molecule has 0 aromatic heterocycles. The van der Waals surface area contributed by atoms with Crippen molar-refractivity contribution >= 4 is 0 Å². The van der Waals surface area contributed by atoms with E-state index in [1.807, 2.05) is 12.1 Å². The van der Waals surface area contributed by atoms with Crippen LogP contribution in [-0.4, -0.2) is 42.9 Å². The molecule has 0 radical (unpaired) electrons. The normalized spacial score (nSPS) is 19.2. The van der Waals surface area contributed by atoms with Crippen LogP contribution in [0.5, 0.6) is 5.75 Å². The van der Waals surface area contributed by atoms with Crippen LogP contribution in [0.3, 0.4) is 0 Å². The molecule has 0 bridgehead atoms. The largest absolute Gasteiger partial charge is 0.497 e. The number of rotatable bonds is 6. The van der Waals surface area contributed by atoms with Gasteiger partial charge in [0.15, 0.2) is 0 Å². The summed E-state index contributed by atoms with van der Waals surface area (Å²) in [5.74, 6) is 0.884. The van der Waals surface area contributed by atoms with Gasteiger partial charge in [-0.05, 0) is 57.5 Å². The minimum absolute atomic E-state index is 0.00747. The van der Waals surface area contributed by atoms with Crippen molar-refractivity contribution in [2.24, 2.45) is 0 Å². The van der Waals surface area contributed by atoms with Crippen LogP contribution in [0.15, 0.2) is 24.3 Å². The maximum absolute atomic E-state index is 10.7. The van der Waals surface area contributed by atoms with Crippen molar-refractivity contribution in [1.29, 1.82) is 0 Å². The summed E-state index contributed by atoms with van der Waals surface area (Å²) in [5.41, 5.74) is 1.25. The second-order valence-electron chi connectivity index (χ2n) is 6.11. The van der Waals surface area contributed by atoms with Crippen molar-refractivity contribution < 1.29 is 9.84 Å². The minimum atomic E-state index is -0.248. The number of hydrogen-bond acceptors (Lipinski definition) is 3. The maximum atomic E-state index is 10.7. The molecule has 1 aliphatic rings. The van der Waals surface area contributed by atoms with E-state index in [0.29, 0.717) is 0 Å². The Balaban J connectivity index is 1.94. The van der Waals surface area contributed by atoms with Gasteiger partial charge in [0.1, 0.15) is 5.75 Å². The maximum Gasteiger partial charge on any atom is 0.118 e. The van der Waals surface area contributed by atoms with Gasteiger partial charge in [0.05, 0.1) is 13.2 Å². The van der Waals surface area contributed by atoms with Crippen molar-refractivity contribution in [2.45, 2.75) is 50.2 Å². The molecule has 1 aromatic carbocycles. The highest BCUT2D eigenvalue weighted by Gasteiger charge is 2.41. The van der Waals surface area contributed by atoms with Crippen LogP contribution in [0.25, 0.3) is 0 Å². The predicted octanol–water partition coefficient (Wildman–Crippen LogP) is 2.86. The van der Waals surface area contributed by atoms with Gasteiger partial charge in [-0.2, -0.15) is 0 Å². The Labute approximate surface area is 122 Å². The van der Waals surface area contributed by atoms with E-state index < -0.39 is 0 Å². The first-order chi connectivity index (χ1) is 9.58. The van der Waals surface area contributed by atoms with Crippen molar-refractivity contribution in [3.8, 4) is 5.75 Å². The van der Waals surface area contributed by atoms with Crippen LogP contribution in [0.1, 0.15) is 37.7 Å². The second kappa shape index (κ2) is 6.59. The quantitative estimate of drug-likeness (QED) is 0.868. The van der Waals surface area contributed by atoms with Crippen molar-refractivity contribution in [1.82, 2.24) is 4.90 Å².